The van der Waals surface area contributed by atoms with Gasteiger partial charge in [-0.15, -0.1) is 11.3 Å². The van der Waals surface area contributed by atoms with E-state index < -0.39 is 11.9 Å². The number of nitrogens with zero attached hydrogens (tertiary/aromatic N) is 1. The minimum atomic E-state index is -0.624. The highest BCUT2D eigenvalue weighted by Crippen LogP contribution is 2.35. The summed E-state index contributed by atoms with van der Waals surface area (Å²) in [5.74, 6) is -0.977. The zero-order chi connectivity index (χ0) is 21.8. The van der Waals surface area contributed by atoms with Gasteiger partial charge in [0.25, 0.3) is 11.8 Å². The minimum Gasteiger partial charge on any atom is -0.482 e. The number of nitrogens with one attached hydrogen (secondary N) is 1. The van der Waals surface area contributed by atoms with Crippen molar-refractivity contribution in [2.24, 2.45) is 0 Å². The maximum atomic E-state index is 12.8. The smallest absolute Gasteiger partial charge is 0.341 e. The number of carbonyl (C=O) groups excluding carboxylic acids is 3. The molecule has 3 rings (SSSR count). The summed E-state index contributed by atoms with van der Waals surface area (Å²) in [7, 11) is 1.25. The second kappa shape index (κ2) is 9.68. The number of halogens is 2. The predicted octanol–water partition coefficient (Wildman–Crippen LogP) is 4.40. The summed E-state index contributed by atoms with van der Waals surface area (Å²) < 4.78 is 10.3. The Kier molecular flexibility index (Phi) is 7.23. The molecule has 1 aliphatic rings. The lowest BCUT2D eigenvalue weighted by molar-refractivity contribution is -0.118. The van der Waals surface area contributed by atoms with E-state index in [9.17, 15) is 14.4 Å². The van der Waals surface area contributed by atoms with Crippen LogP contribution in [0, 0.1) is 6.92 Å². The van der Waals surface area contributed by atoms with Crippen molar-refractivity contribution >= 4 is 57.3 Å². The van der Waals surface area contributed by atoms with Gasteiger partial charge in [-0.3, -0.25) is 9.59 Å². The molecule has 0 atom stereocenters. The van der Waals surface area contributed by atoms with Crippen LogP contribution in [0.5, 0.6) is 5.75 Å². The number of carbonyl (C=O) groups is 3. The number of hydrogen-bond acceptors (Lipinski definition) is 6. The van der Waals surface area contributed by atoms with Gasteiger partial charge < -0.3 is 19.7 Å². The molecule has 2 aromatic rings. The fraction of sp³-hybridized carbons (Fsp3) is 0.350. The fourth-order valence-corrected chi connectivity index (χ4v) is 4.76. The third kappa shape index (κ3) is 4.88. The van der Waals surface area contributed by atoms with E-state index in [4.69, 9.17) is 32.7 Å². The minimum absolute atomic E-state index is 0.148. The van der Waals surface area contributed by atoms with Gasteiger partial charge in [-0.2, -0.15) is 0 Å². The molecule has 0 spiro atoms. The van der Waals surface area contributed by atoms with Gasteiger partial charge >= 0.3 is 5.97 Å². The standard InChI is InChI=1S/C20H20Cl2N2O5S/c1-11-16(20(27)28-2)18(30-17(11)19(26)24-7-3-4-8-24)23-15(25)10-29-14-6-5-12(21)9-13(14)22/h5-6,9H,3-4,7-8,10H2,1-2H3,(H,23,25). The molecule has 1 aromatic carbocycles. The maximum absolute atomic E-state index is 12.8. The number of hydrogen-bond donors (Lipinski definition) is 1. The molecule has 0 saturated carbocycles. The molecule has 1 fully saturated rings. The molecule has 0 aliphatic carbocycles. The van der Waals surface area contributed by atoms with Crippen molar-refractivity contribution in [2.75, 3.05) is 32.1 Å². The predicted molar refractivity (Wildman–Crippen MR) is 116 cm³/mol. The lowest BCUT2D eigenvalue weighted by Gasteiger charge is -2.14. The van der Waals surface area contributed by atoms with Crippen LogP contribution >= 0.6 is 34.5 Å². The molecule has 30 heavy (non-hydrogen) atoms. The highest BCUT2D eigenvalue weighted by atomic mass is 35.5. The average Bonchev–Trinajstić information content (AvgIpc) is 3.35. The summed E-state index contributed by atoms with van der Waals surface area (Å²) in [5, 5.41) is 3.62. The van der Waals surface area contributed by atoms with Crippen LogP contribution in [-0.2, 0) is 9.53 Å². The first kappa shape index (κ1) is 22.4. The van der Waals surface area contributed by atoms with Crippen LogP contribution < -0.4 is 10.1 Å². The van der Waals surface area contributed by atoms with Crippen molar-refractivity contribution in [3.63, 3.8) is 0 Å². The van der Waals surface area contributed by atoms with Crippen molar-refractivity contribution in [1.82, 2.24) is 4.90 Å². The first-order valence-electron chi connectivity index (χ1n) is 9.20. The Hall–Kier alpha value is -2.29. The van der Waals surface area contributed by atoms with Crippen molar-refractivity contribution in [1.29, 1.82) is 0 Å². The number of rotatable bonds is 6. The zero-order valence-electron chi connectivity index (χ0n) is 16.4. The molecule has 1 saturated heterocycles. The Morgan fingerprint density at radius 2 is 1.90 bits per heavy atom. The number of thiophene rings is 1. The monoisotopic (exact) mass is 470 g/mol. The van der Waals surface area contributed by atoms with Crippen LogP contribution in [0.15, 0.2) is 18.2 Å². The lowest BCUT2D eigenvalue weighted by Crippen LogP contribution is -2.27. The molecule has 0 bridgehead atoms. The number of amides is 2. The van der Waals surface area contributed by atoms with Gasteiger partial charge in [0, 0.05) is 18.1 Å². The van der Waals surface area contributed by atoms with Gasteiger partial charge in [0.1, 0.15) is 10.8 Å². The summed E-state index contributed by atoms with van der Waals surface area (Å²) in [6.07, 6.45) is 1.91. The third-order valence-electron chi connectivity index (χ3n) is 4.63. The quantitative estimate of drug-likeness (QED) is 0.632. The first-order chi connectivity index (χ1) is 14.3. The van der Waals surface area contributed by atoms with Gasteiger partial charge in [-0.05, 0) is 43.5 Å². The molecule has 160 valence electrons. The molecule has 0 radical (unpaired) electrons. The second-order valence-corrected chi connectivity index (χ2v) is 8.53. The number of ether oxygens (including phenoxy) is 2. The Balaban J connectivity index is 1.78. The normalized spacial score (nSPS) is 13.3. The summed E-state index contributed by atoms with van der Waals surface area (Å²) in [5.41, 5.74) is 0.656. The van der Waals surface area contributed by atoms with Crippen molar-refractivity contribution in [3.8, 4) is 5.75 Å². The highest BCUT2D eigenvalue weighted by Gasteiger charge is 2.29. The van der Waals surface area contributed by atoms with Crippen LogP contribution in [0.4, 0.5) is 5.00 Å². The molecule has 7 nitrogen and oxygen atoms in total. The summed E-state index contributed by atoms with van der Waals surface area (Å²) in [4.78, 5) is 39.7. The van der Waals surface area contributed by atoms with Crippen molar-refractivity contribution in [3.05, 3.63) is 44.2 Å². The van der Waals surface area contributed by atoms with Gasteiger partial charge in [0.15, 0.2) is 6.61 Å². The van der Waals surface area contributed by atoms with E-state index in [2.05, 4.69) is 5.32 Å². The molecule has 2 amide bonds. The SMILES string of the molecule is COC(=O)c1c(NC(=O)COc2ccc(Cl)cc2Cl)sc(C(=O)N2CCCC2)c1C. The number of anilines is 1. The second-order valence-electron chi connectivity index (χ2n) is 6.66. The molecule has 1 aliphatic heterocycles. The third-order valence-corrected chi connectivity index (χ3v) is 6.36. The Bertz CT molecular complexity index is 986. The number of benzene rings is 1. The van der Waals surface area contributed by atoms with E-state index in [0.717, 1.165) is 24.2 Å². The average molecular weight is 471 g/mol. The number of esters is 1. The highest BCUT2D eigenvalue weighted by molar-refractivity contribution is 7.18. The largest absolute Gasteiger partial charge is 0.482 e. The summed E-state index contributed by atoms with van der Waals surface area (Å²) >= 11 is 12.9. The van der Waals surface area contributed by atoms with Crippen LogP contribution in [0.25, 0.3) is 0 Å². The topological polar surface area (TPSA) is 84.9 Å². The summed E-state index contributed by atoms with van der Waals surface area (Å²) in [6.45, 7) is 2.70. The summed E-state index contributed by atoms with van der Waals surface area (Å²) in [6, 6.07) is 4.65. The van der Waals surface area contributed by atoms with E-state index in [1.54, 1.807) is 24.0 Å². The van der Waals surface area contributed by atoms with Gasteiger partial charge in [-0.25, -0.2) is 4.79 Å². The van der Waals surface area contributed by atoms with Gasteiger partial charge in [-0.1, -0.05) is 23.2 Å². The van der Waals surface area contributed by atoms with Crippen LogP contribution in [0.3, 0.4) is 0 Å². The Morgan fingerprint density at radius 3 is 2.53 bits per heavy atom. The van der Waals surface area contributed by atoms with Crippen molar-refractivity contribution < 1.29 is 23.9 Å². The van der Waals surface area contributed by atoms with E-state index in [1.165, 1.54) is 13.2 Å². The fourth-order valence-electron chi connectivity index (χ4n) is 3.12. The maximum Gasteiger partial charge on any atom is 0.341 e. The van der Waals surface area contributed by atoms with E-state index in [0.29, 0.717) is 34.3 Å². The van der Waals surface area contributed by atoms with Crippen LogP contribution in [0.1, 0.15) is 38.4 Å². The van der Waals surface area contributed by atoms with E-state index in [-0.39, 0.29) is 28.1 Å². The molecule has 0 unspecified atom stereocenters. The van der Waals surface area contributed by atoms with Gasteiger partial charge in [0.05, 0.1) is 22.6 Å². The van der Waals surface area contributed by atoms with Crippen LogP contribution in [-0.4, -0.2) is 49.5 Å². The lowest BCUT2D eigenvalue weighted by atomic mass is 10.1. The molecular weight excluding hydrogens is 451 g/mol. The molecule has 1 N–H and O–H groups in total. The molecule has 1 aromatic heterocycles. The van der Waals surface area contributed by atoms with Crippen LogP contribution in [0.2, 0.25) is 10.0 Å². The van der Waals surface area contributed by atoms with E-state index >= 15 is 0 Å². The molecule has 2 heterocycles. The molecule has 10 heteroatoms. The zero-order valence-corrected chi connectivity index (χ0v) is 18.7. The Morgan fingerprint density at radius 1 is 1.20 bits per heavy atom. The first-order valence-corrected chi connectivity index (χ1v) is 10.8. The number of likely N-dealkylation sites (tertiary alicyclic amines) is 1. The van der Waals surface area contributed by atoms with Crippen molar-refractivity contribution in [2.45, 2.75) is 19.8 Å². The van der Waals surface area contributed by atoms with Gasteiger partial charge in [0.2, 0.25) is 0 Å². The van der Waals surface area contributed by atoms with E-state index in [1.807, 2.05) is 0 Å². The Labute approximate surface area is 187 Å². The number of methoxy groups -OCH3 is 1. The molecular formula is C20H20Cl2N2O5S.